The molecule has 2 aromatic rings. The lowest BCUT2D eigenvalue weighted by molar-refractivity contribution is 0.126. The van der Waals surface area contributed by atoms with Crippen molar-refractivity contribution in [1.29, 1.82) is 0 Å². The summed E-state index contributed by atoms with van der Waals surface area (Å²) >= 11 is 0. The Morgan fingerprint density at radius 2 is 1.65 bits per heavy atom. The van der Waals surface area contributed by atoms with Crippen molar-refractivity contribution >= 4 is 5.71 Å². The largest absolute Gasteiger partial charge is 0.390 e. The fourth-order valence-corrected chi connectivity index (χ4v) is 2.13. The van der Waals surface area contributed by atoms with E-state index in [0.29, 0.717) is 6.61 Å². The molecule has 0 amide bonds. The standard InChI is InChI=1S/C15H13NO/c1-11-6-2-4-8-13(11)15-14-9-5-3-7-12(14)10-17-16-15/h2-9H,10H2,1H3. The van der Waals surface area contributed by atoms with Gasteiger partial charge in [-0.3, -0.25) is 0 Å². The summed E-state index contributed by atoms with van der Waals surface area (Å²) in [5.74, 6) is 0. The second-order valence-corrected chi connectivity index (χ2v) is 4.19. The van der Waals surface area contributed by atoms with Gasteiger partial charge in [0.15, 0.2) is 0 Å². The van der Waals surface area contributed by atoms with Crippen LogP contribution in [0.2, 0.25) is 0 Å². The molecule has 0 fully saturated rings. The zero-order valence-electron chi connectivity index (χ0n) is 9.68. The maximum absolute atomic E-state index is 5.31. The fourth-order valence-electron chi connectivity index (χ4n) is 2.13. The molecule has 0 bridgehead atoms. The minimum Gasteiger partial charge on any atom is -0.390 e. The van der Waals surface area contributed by atoms with Crippen LogP contribution in [0.25, 0.3) is 0 Å². The van der Waals surface area contributed by atoms with Gasteiger partial charge in [-0.05, 0) is 12.5 Å². The summed E-state index contributed by atoms with van der Waals surface area (Å²) in [7, 11) is 0. The van der Waals surface area contributed by atoms with E-state index < -0.39 is 0 Å². The van der Waals surface area contributed by atoms with Crippen molar-refractivity contribution in [1.82, 2.24) is 0 Å². The van der Waals surface area contributed by atoms with E-state index in [4.69, 9.17) is 4.84 Å². The Bertz CT molecular complexity index is 587. The summed E-state index contributed by atoms with van der Waals surface area (Å²) in [6, 6.07) is 16.5. The van der Waals surface area contributed by atoms with E-state index in [1.165, 1.54) is 16.7 Å². The molecular weight excluding hydrogens is 210 g/mol. The van der Waals surface area contributed by atoms with Crippen LogP contribution in [0.4, 0.5) is 0 Å². The molecule has 3 rings (SSSR count). The van der Waals surface area contributed by atoms with Crippen molar-refractivity contribution in [2.75, 3.05) is 0 Å². The fraction of sp³-hybridized carbons (Fsp3) is 0.133. The topological polar surface area (TPSA) is 21.6 Å². The molecule has 1 aliphatic rings. The van der Waals surface area contributed by atoms with E-state index in [9.17, 15) is 0 Å². The molecule has 0 radical (unpaired) electrons. The highest BCUT2D eigenvalue weighted by molar-refractivity contribution is 6.14. The molecule has 1 aliphatic heterocycles. The van der Waals surface area contributed by atoms with E-state index in [1.807, 2.05) is 24.3 Å². The number of rotatable bonds is 1. The zero-order chi connectivity index (χ0) is 11.7. The van der Waals surface area contributed by atoms with Gasteiger partial charge >= 0.3 is 0 Å². The van der Waals surface area contributed by atoms with Gasteiger partial charge in [-0.15, -0.1) is 0 Å². The summed E-state index contributed by atoms with van der Waals surface area (Å²) in [5, 5.41) is 4.22. The zero-order valence-corrected chi connectivity index (χ0v) is 9.68. The number of hydrogen-bond acceptors (Lipinski definition) is 2. The lowest BCUT2D eigenvalue weighted by Crippen LogP contribution is -2.13. The van der Waals surface area contributed by atoms with Gasteiger partial charge in [0, 0.05) is 16.7 Å². The van der Waals surface area contributed by atoms with Gasteiger partial charge < -0.3 is 4.84 Å². The third-order valence-corrected chi connectivity index (χ3v) is 3.05. The molecule has 1 heterocycles. The quantitative estimate of drug-likeness (QED) is 0.727. The first kappa shape index (κ1) is 10.1. The van der Waals surface area contributed by atoms with Crippen molar-refractivity contribution in [2.24, 2.45) is 5.16 Å². The number of hydrogen-bond donors (Lipinski definition) is 0. The van der Waals surface area contributed by atoms with E-state index in [1.54, 1.807) is 0 Å². The second kappa shape index (κ2) is 4.06. The van der Waals surface area contributed by atoms with Gasteiger partial charge in [-0.2, -0.15) is 0 Å². The molecule has 0 saturated heterocycles. The van der Waals surface area contributed by atoms with Crippen molar-refractivity contribution in [3.05, 3.63) is 70.8 Å². The van der Waals surface area contributed by atoms with E-state index in [0.717, 1.165) is 11.3 Å². The van der Waals surface area contributed by atoms with E-state index in [-0.39, 0.29) is 0 Å². The maximum atomic E-state index is 5.31. The number of fused-ring (bicyclic) bond motifs is 1. The smallest absolute Gasteiger partial charge is 0.143 e. The Morgan fingerprint density at radius 1 is 0.941 bits per heavy atom. The van der Waals surface area contributed by atoms with Crippen LogP contribution >= 0.6 is 0 Å². The number of benzene rings is 2. The summed E-state index contributed by atoms with van der Waals surface area (Å²) in [6.45, 7) is 2.65. The van der Waals surface area contributed by atoms with Crippen molar-refractivity contribution in [3.8, 4) is 0 Å². The summed E-state index contributed by atoms with van der Waals surface area (Å²) in [6.07, 6.45) is 0. The summed E-state index contributed by atoms with van der Waals surface area (Å²) in [4.78, 5) is 5.31. The van der Waals surface area contributed by atoms with Crippen LogP contribution in [-0.2, 0) is 11.4 Å². The first-order valence-corrected chi connectivity index (χ1v) is 5.70. The van der Waals surface area contributed by atoms with Gasteiger partial charge in [0.25, 0.3) is 0 Å². The number of oxime groups is 1. The molecule has 0 N–H and O–H groups in total. The van der Waals surface area contributed by atoms with Crippen LogP contribution < -0.4 is 0 Å². The van der Waals surface area contributed by atoms with Crippen molar-refractivity contribution in [3.63, 3.8) is 0 Å². The Balaban J connectivity index is 2.17. The predicted octanol–water partition coefficient (Wildman–Crippen LogP) is 3.28. The van der Waals surface area contributed by atoms with Crippen LogP contribution in [0.1, 0.15) is 22.3 Å². The lowest BCUT2D eigenvalue weighted by Gasteiger charge is -2.17. The maximum Gasteiger partial charge on any atom is 0.143 e. The molecule has 17 heavy (non-hydrogen) atoms. The third kappa shape index (κ3) is 1.72. The number of nitrogens with zero attached hydrogens (tertiary/aromatic N) is 1. The molecule has 0 unspecified atom stereocenters. The molecule has 84 valence electrons. The Labute approximate surface area is 101 Å². The van der Waals surface area contributed by atoms with Crippen molar-refractivity contribution in [2.45, 2.75) is 13.5 Å². The Kier molecular flexibility index (Phi) is 2.41. The minimum absolute atomic E-state index is 0.561. The molecule has 0 aliphatic carbocycles. The van der Waals surface area contributed by atoms with E-state index in [2.05, 4.69) is 36.3 Å². The first-order chi connectivity index (χ1) is 8.36. The van der Waals surface area contributed by atoms with E-state index >= 15 is 0 Å². The Hall–Kier alpha value is -2.09. The molecule has 0 aromatic heterocycles. The minimum atomic E-state index is 0.561. The van der Waals surface area contributed by atoms with Crippen LogP contribution in [-0.4, -0.2) is 5.71 Å². The molecular formula is C15H13NO. The molecule has 2 aromatic carbocycles. The average Bonchev–Trinajstić information content (AvgIpc) is 2.39. The van der Waals surface area contributed by atoms with Gasteiger partial charge in [0.1, 0.15) is 12.3 Å². The Morgan fingerprint density at radius 3 is 2.47 bits per heavy atom. The summed E-state index contributed by atoms with van der Waals surface area (Å²) in [5.41, 5.74) is 5.66. The van der Waals surface area contributed by atoms with Crippen LogP contribution in [0, 0.1) is 6.92 Å². The molecule has 2 heteroatoms. The highest BCUT2D eigenvalue weighted by Crippen LogP contribution is 2.22. The monoisotopic (exact) mass is 223 g/mol. The van der Waals surface area contributed by atoms with Gasteiger partial charge in [0.05, 0.1) is 0 Å². The average molecular weight is 223 g/mol. The van der Waals surface area contributed by atoms with Gasteiger partial charge in [0.2, 0.25) is 0 Å². The predicted molar refractivity (Wildman–Crippen MR) is 68.0 cm³/mol. The second-order valence-electron chi connectivity index (χ2n) is 4.19. The molecule has 0 spiro atoms. The highest BCUT2D eigenvalue weighted by Gasteiger charge is 2.17. The van der Waals surface area contributed by atoms with Crippen molar-refractivity contribution < 1.29 is 4.84 Å². The molecule has 0 saturated carbocycles. The molecule has 2 nitrogen and oxygen atoms in total. The lowest BCUT2D eigenvalue weighted by atomic mass is 9.94. The van der Waals surface area contributed by atoms with Crippen LogP contribution in [0.3, 0.4) is 0 Å². The SMILES string of the molecule is Cc1ccccc1C1=NOCc2ccccc21. The van der Waals surface area contributed by atoms with Gasteiger partial charge in [-0.25, -0.2) is 0 Å². The van der Waals surface area contributed by atoms with Crippen LogP contribution in [0.5, 0.6) is 0 Å². The normalized spacial score (nSPS) is 13.6. The summed E-state index contributed by atoms with van der Waals surface area (Å²) < 4.78 is 0. The highest BCUT2D eigenvalue weighted by atomic mass is 16.6. The van der Waals surface area contributed by atoms with Crippen LogP contribution in [0.15, 0.2) is 53.7 Å². The van der Waals surface area contributed by atoms with Gasteiger partial charge in [-0.1, -0.05) is 53.7 Å². The molecule has 0 atom stereocenters. The first-order valence-electron chi connectivity index (χ1n) is 5.70. The number of aryl methyl sites for hydroxylation is 1. The third-order valence-electron chi connectivity index (χ3n) is 3.05.